The molecule has 98 valence electrons. The summed E-state index contributed by atoms with van der Waals surface area (Å²) in [5, 5.41) is 9.47. The lowest BCUT2D eigenvalue weighted by molar-refractivity contribution is 0.112. The third-order valence-corrected chi connectivity index (χ3v) is 2.92. The summed E-state index contributed by atoms with van der Waals surface area (Å²) >= 11 is 5.86. The number of hydrogen-bond donors (Lipinski definition) is 1. The fourth-order valence-electron chi connectivity index (χ4n) is 1.85. The van der Waals surface area contributed by atoms with Crippen LogP contribution in [0, 0.1) is 0 Å². The van der Waals surface area contributed by atoms with Crippen LogP contribution in [0.25, 0.3) is 11.1 Å². The van der Waals surface area contributed by atoms with Crippen LogP contribution in [0.3, 0.4) is 0 Å². The van der Waals surface area contributed by atoms with Gasteiger partial charge >= 0.3 is 0 Å². The molecular formula is C15H13ClO3. The summed E-state index contributed by atoms with van der Waals surface area (Å²) in [6.07, 6.45) is 0.787. The van der Waals surface area contributed by atoms with E-state index in [2.05, 4.69) is 0 Å². The molecule has 0 spiro atoms. The standard InChI is InChI=1S/C15H13ClO3/c16-13-6-4-11(5-7-13)15-12(10-18)2-1-3-14(15)19-9-8-17/h1-7,10,17H,8-9H2. The van der Waals surface area contributed by atoms with Crippen molar-refractivity contribution >= 4 is 17.9 Å². The van der Waals surface area contributed by atoms with Crippen molar-refractivity contribution in [1.29, 1.82) is 0 Å². The number of aliphatic hydroxyl groups excluding tert-OH is 1. The lowest BCUT2D eigenvalue weighted by atomic mass is 9.99. The molecule has 0 aliphatic rings. The Labute approximate surface area is 116 Å². The predicted octanol–water partition coefficient (Wildman–Crippen LogP) is 3.19. The van der Waals surface area contributed by atoms with Crippen molar-refractivity contribution in [2.24, 2.45) is 0 Å². The van der Waals surface area contributed by atoms with E-state index in [0.717, 1.165) is 11.8 Å². The first-order valence-electron chi connectivity index (χ1n) is 5.84. The zero-order valence-corrected chi connectivity index (χ0v) is 10.9. The van der Waals surface area contributed by atoms with E-state index in [1.54, 1.807) is 30.3 Å². The monoisotopic (exact) mass is 276 g/mol. The normalized spacial score (nSPS) is 10.2. The van der Waals surface area contributed by atoms with Gasteiger partial charge in [0.05, 0.1) is 6.61 Å². The van der Waals surface area contributed by atoms with Crippen LogP contribution in [-0.4, -0.2) is 24.6 Å². The molecule has 0 fully saturated rings. The minimum absolute atomic E-state index is 0.0780. The molecule has 2 aromatic carbocycles. The molecule has 0 bridgehead atoms. The molecule has 0 unspecified atom stereocenters. The van der Waals surface area contributed by atoms with Crippen LogP contribution in [0.4, 0.5) is 0 Å². The number of benzene rings is 2. The topological polar surface area (TPSA) is 46.5 Å². The number of hydrogen-bond acceptors (Lipinski definition) is 3. The van der Waals surface area contributed by atoms with Crippen molar-refractivity contribution in [3.63, 3.8) is 0 Å². The Balaban J connectivity index is 2.51. The van der Waals surface area contributed by atoms with Crippen LogP contribution >= 0.6 is 11.6 Å². The first-order chi connectivity index (χ1) is 9.26. The molecule has 0 radical (unpaired) electrons. The lowest BCUT2D eigenvalue weighted by Crippen LogP contribution is -2.03. The number of aliphatic hydroxyl groups is 1. The van der Waals surface area contributed by atoms with Gasteiger partial charge in [0.25, 0.3) is 0 Å². The Morgan fingerprint density at radius 1 is 1.16 bits per heavy atom. The SMILES string of the molecule is O=Cc1cccc(OCCO)c1-c1ccc(Cl)cc1. The fraction of sp³-hybridized carbons (Fsp3) is 0.133. The van der Waals surface area contributed by atoms with Crippen LogP contribution in [-0.2, 0) is 0 Å². The number of carbonyl (C=O) groups is 1. The van der Waals surface area contributed by atoms with Crippen LogP contribution in [0.2, 0.25) is 5.02 Å². The third-order valence-electron chi connectivity index (χ3n) is 2.67. The van der Waals surface area contributed by atoms with Crippen LogP contribution in [0.15, 0.2) is 42.5 Å². The van der Waals surface area contributed by atoms with E-state index in [-0.39, 0.29) is 13.2 Å². The summed E-state index contributed by atoms with van der Waals surface area (Å²) in [7, 11) is 0. The Hall–Kier alpha value is -1.84. The van der Waals surface area contributed by atoms with E-state index in [0.29, 0.717) is 21.9 Å². The van der Waals surface area contributed by atoms with E-state index in [1.807, 2.05) is 12.1 Å². The van der Waals surface area contributed by atoms with Gasteiger partial charge in [-0.1, -0.05) is 35.9 Å². The summed E-state index contributed by atoms with van der Waals surface area (Å²) < 4.78 is 5.47. The van der Waals surface area contributed by atoms with E-state index in [1.165, 1.54) is 0 Å². The van der Waals surface area contributed by atoms with Crippen LogP contribution in [0.5, 0.6) is 5.75 Å². The number of aldehydes is 1. The smallest absolute Gasteiger partial charge is 0.150 e. The van der Waals surface area contributed by atoms with Crippen LogP contribution in [0.1, 0.15) is 10.4 Å². The summed E-state index contributed by atoms with van der Waals surface area (Å²) in [4.78, 5) is 11.2. The van der Waals surface area contributed by atoms with Crippen molar-refractivity contribution in [1.82, 2.24) is 0 Å². The van der Waals surface area contributed by atoms with Gasteiger partial charge in [-0.15, -0.1) is 0 Å². The number of carbonyl (C=O) groups excluding carboxylic acids is 1. The molecule has 0 aliphatic heterocycles. The van der Waals surface area contributed by atoms with Crippen molar-refractivity contribution in [2.45, 2.75) is 0 Å². The number of halogens is 1. The average molecular weight is 277 g/mol. The van der Waals surface area contributed by atoms with Crippen molar-refractivity contribution in [2.75, 3.05) is 13.2 Å². The Morgan fingerprint density at radius 3 is 2.53 bits per heavy atom. The van der Waals surface area contributed by atoms with Gasteiger partial charge in [-0.05, 0) is 23.8 Å². The van der Waals surface area contributed by atoms with E-state index < -0.39 is 0 Å². The highest BCUT2D eigenvalue weighted by atomic mass is 35.5. The molecule has 2 aromatic rings. The zero-order valence-electron chi connectivity index (χ0n) is 10.2. The van der Waals surface area contributed by atoms with Gasteiger partial charge in [0.2, 0.25) is 0 Å². The first-order valence-corrected chi connectivity index (χ1v) is 6.22. The summed E-state index contributed by atoms with van der Waals surface area (Å²) in [6, 6.07) is 12.4. The van der Waals surface area contributed by atoms with Gasteiger partial charge in [-0.25, -0.2) is 0 Å². The van der Waals surface area contributed by atoms with Crippen molar-refractivity contribution in [3.05, 3.63) is 53.1 Å². The molecule has 2 rings (SSSR count). The zero-order chi connectivity index (χ0) is 13.7. The van der Waals surface area contributed by atoms with Gasteiger partial charge in [-0.2, -0.15) is 0 Å². The lowest BCUT2D eigenvalue weighted by Gasteiger charge is -2.13. The largest absolute Gasteiger partial charge is 0.491 e. The average Bonchev–Trinajstić information content (AvgIpc) is 2.45. The van der Waals surface area contributed by atoms with Gasteiger partial charge in [0, 0.05) is 16.1 Å². The maximum absolute atomic E-state index is 11.2. The molecule has 0 atom stereocenters. The van der Waals surface area contributed by atoms with Crippen LogP contribution < -0.4 is 4.74 Å². The fourth-order valence-corrected chi connectivity index (χ4v) is 1.97. The molecule has 0 amide bonds. The van der Waals surface area contributed by atoms with Gasteiger partial charge in [-0.3, -0.25) is 4.79 Å². The second kappa shape index (κ2) is 6.36. The number of rotatable bonds is 5. The molecule has 0 saturated carbocycles. The summed E-state index contributed by atoms with van der Waals surface area (Å²) in [5.74, 6) is 0.570. The molecule has 3 nitrogen and oxygen atoms in total. The Kier molecular flexibility index (Phi) is 4.55. The van der Waals surface area contributed by atoms with E-state index in [4.69, 9.17) is 21.4 Å². The molecule has 0 aromatic heterocycles. The van der Waals surface area contributed by atoms with Gasteiger partial charge < -0.3 is 9.84 Å². The molecular weight excluding hydrogens is 264 g/mol. The molecule has 19 heavy (non-hydrogen) atoms. The maximum Gasteiger partial charge on any atom is 0.150 e. The maximum atomic E-state index is 11.2. The molecule has 0 saturated heterocycles. The highest BCUT2D eigenvalue weighted by Crippen LogP contribution is 2.33. The Morgan fingerprint density at radius 2 is 1.89 bits per heavy atom. The predicted molar refractivity (Wildman–Crippen MR) is 74.9 cm³/mol. The Bertz CT molecular complexity index is 564. The highest BCUT2D eigenvalue weighted by Gasteiger charge is 2.11. The number of ether oxygens (including phenoxy) is 1. The second-order valence-electron chi connectivity index (χ2n) is 3.92. The van der Waals surface area contributed by atoms with E-state index >= 15 is 0 Å². The molecule has 0 heterocycles. The summed E-state index contributed by atoms with van der Waals surface area (Å²) in [6.45, 7) is 0.105. The van der Waals surface area contributed by atoms with Gasteiger partial charge in [0.1, 0.15) is 12.4 Å². The summed E-state index contributed by atoms with van der Waals surface area (Å²) in [5.41, 5.74) is 2.10. The van der Waals surface area contributed by atoms with Crippen molar-refractivity contribution < 1.29 is 14.6 Å². The highest BCUT2D eigenvalue weighted by molar-refractivity contribution is 6.30. The molecule has 1 N–H and O–H groups in total. The minimum atomic E-state index is -0.0780. The minimum Gasteiger partial charge on any atom is -0.491 e. The van der Waals surface area contributed by atoms with Crippen molar-refractivity contribution in [3.8, 4) is 16.9 Å². The van der Waals surface area contributed by atoms with Gasteiger partial charge in [0.15, 0.2) is 6.29 Å². The molecule has 4 heteroatoms. The quantitative estimate of drug-likeness (QED) is 0.853. The second-order valence-corrected chi connectivity index (χ2v) is 4.35. The molecule has 0 aliphatic carbocycles. The van der Waals surface area contributed by atoms with E-state index in [9.17, 15) is 4.79 Å². The first kappa shape index (κ1) is 13.6. The third kappa shape index (κ3) is 3.13.